The first-order valence-corrected chi connectivity index (χ1v) is 15.1. The topological polar surface area (TPSA) is 6.48 Å². The van der Waals surface area contributed by atoms with Crippen LogP contribution in [0.5, 0.6) is 0 Å². The van der Waals surface area contributed by atoms with Crippen LogP contribution in [-0.2, 0) is 12.8 Å². The molecule has 0 aliphatic rings. The van der Waals surface area contributed by atoms with Gasteiger partial charge in [-0.1, -0.05) is 109 Å². The molecule has 0 N–H and O–H groups in total. The van der Waals surface area contributed by atoms with E-state index in [1.54, 1.807) is 0 Å². The van der Waals surface area contributed by atoms with Crippen LogP contribution in [0, 0.1) is 13.8 Å². The highest BCUT2D eigenvalue weighted by atomic mass is 15.2. The Balaban J connectivity index is 1.56. The number of nitrogens with zero attached hydrogens (tertiary/aromatic N) is 2. The maximum atomic E-state index is 3.80. The van der Waals surface area contributed by atoms with E-state index in [0.717, 1.165) is 47.0 Å². The zero-order valence-electron chi connectivity index (χ0n) is 25.7. The van der Waals surface area contributed by atoms with Gasteiger partial charge in [-0.2, -0.15) is 0 Å². The van der Waals surface area contributed by atoms with E-state index in [-0.39, 0.29) is 0 Å². The molecule has 0 saturated carbocycles. The summed E-state index contributed by atoms with van der Waals surface area (Å²) in [6.45, 7) is 11.9. The van der Waals surface area contributed by atoms with E-state index in [1.165, 1.54) is 22.3 Å². The third kappa shape index (κ3) is 7.53. The summed E-state index contributed by atoms with van der Waals surface area (Å²) in [5.74, 6) is 0. The molecule has 0 saturated heterocycles. The first-order valence-electron chi connectivity index (χ1n) is 15.1. The molecular formula is C42H40N2. The lowest BCUT2D eigenvalue weighted by atomic mass is 10.1. The van der Waals surface area contributed by atoms with Crippen LogP contribution in [0.4, 0.5) is 34.1 Å². The molecule has 0 aliphatic carbocycles. The maximum Gasteiger partial charge on any atom is 0.0464 e. The van der Waals surface area contributed by atoms with E-state index < -0.39 is 0 Å². The second-order valence-electron chi connectivity index (χ2n) is 10.9. The molecule has 0 bridgehead atoms. The monoisotopic (exact) mass is 572 g/mol. The van der Waals surface area contributed by atoms with Crippen LogP contribution in [0.15, 0.2) is 171 Å². The Labute approximate surface area is 263 Å². The van der Waals surface area contributed by atoms with Crippen molar-refractivity contribution >= 4 is 34.1 Å². The summed E-state index contributed by atoms with van der Waals surface area (Å²) in [7, 11) is 0. The Morgan fingerprint density at radius 3 is 1.14 bits per heavy atom. The first-order chi connectivity index (χ1) is 21.6. The number of hydrogen-bond acceptors (Lipinski definition) is 2. The number of rotatable bonds is 12. The predicted molar refractivity (Wildman–Crippen MR) is 191 cm³/mol. The van der Waals surface area contributed by atoms with Gasteiger partial charge in [-0.15, -0.1) is 0 Å². The van der Waals surface area contributed by atoms with Crippen molar-refractivity contribution in [3.8, 4) is 0 Å². The average molecular weight is 573 g/mol. The zero-order valence-corrected chi connectivity index (χ0v) is 25.7. The summed E-state index contributed by atoms with van der Waals surface area (Å²) in [4.78, 5) is 4.65. The summed E-state index contributed by atoms with van der Waals surface area (Å²) in [5.41, 5.74) is 11.7. The first kappa shape index (κ1) is 30.1. The molecule has 0 spiro atoms. The molecule has 5 rings (SSSR count). The summed E-state index contributed by atoms with van der Waals surface area (Å²) in [5, 5.41) is 0. The fourth-order valence-electron chi connectivity index (χ4n) is 5.28. The second kappa shape index (κ2) is 14.7. The minimum Gasteiger partial charge on any atom is -0.310 e. The molecule has 0 atom stereocenters. The van der Waals surface area contributed by atoms with Crippen molar-refractivity contribution in [3.63, 3.8) is 0 Å². The summed E-state index contributed by atoms with van der Waals surface area (Å²) in [6.07, 6.45) is 13.6. The molecule has 218 valence electrons. The third-order valence-electron chi connectivity index (χ3n) is 7.54. The van der Waals surface area contributed by atoms with Crippen LogP contribution >= 0.6 is 0 Å². The second-order valence-corrected chi connectivity index (χ2v) is 10.9. The molecule has 0 radical (unpaired) electrons. The van der Waals surface area contributed by atoms with Crippen LogP contribution in [0.25, 0.3) is 0 Å². The van der Waals surface area contributed by atoms with E-state index in [0.29, 0.717) is 0 Å². The molecule has 0 aliphatic heterocycles. The van der Waals surface area contributed by atoms with Crippen molar-refractivity contribution in [1.29, 1.82) is 0 Å². The van der Waals surface area contributed by atoms with Crippen molar-refractivity contribution in [2.75, 3.05) is 9.80 Å². The van der Waals surface area contributed by atoms with Gasteiger partial charge in [0.05, 0.1) is 0 Å². The number of benzene rings is 5. The van der Waals surface area contributed by atoms with Gasteiger partial charge in [0.1, 0.15) is 0 Å². The Morgan fingerprint density at radius 1 is 0.455 bits per heavy atom. The average Bonchev–Trinajstić information content (AvgIpc) is 3.05. The van der Waals surface area contributed by atoms with Gasteiger partial charge in [-0.3, -0.25) is 0 Å². The lowest BCUT2D eigenvalue weighted by Gasteiger charge is -2.29. The van der Waals surface area contributed by atoms with E-state index in [1.807, 2.05) is 24.3 Å². The normalized spacial score (nSPS) is 11.1. The molecule has 2 nitrogen and oxygen atoms in total. The lowest BCUT2D eigenvalue weighted by Crippen LogP contribution is -2.12. The van der Waals surface area contributed by atoms with Gasteiger partial charge >= 0.3 is 0 Å². The fraction of sp³-hybridized carbons (Fsp3) is 0.0952. The van der Waals surface area contributed by atoms with E-state index in [9.17, 15) is 0 Å². The van der Waals surface area contributed by atoms with Crippen LogP contribution in [0.3, 0.4) is 0 Å². The Morgan fingerprint density at radius 2 is 0.795 bits per heavy atom. The molecule has 0 amide bonds. The molecule has 44 heavy (non-hydrogen) atoms. The standard InChI is InChI=1S/C42H40N2/c1-5-7-9-13-35-15-11-17-41(31-35)43(37-23-19-33(3)20-24-37)39-27-29-40(30-28-39)44(38-25-21-34(4)22-26-38)42-18-12-16-36(32-42)14-10-8-6-2/h5-12,15-32H,1-2,13-14H2,3-4H3. The minimum atomic E-state index is 0.856. The van der Waals surface area contributed by atoms with Crippen LogP contribution in [-0.4, -0.2) is 0 Å². The number of anilines is 6. The molecular weight excluding hydrogens is 532 g/mol. The Bertz CT molecular complexity index is 1610. The Hall–Kier alpha value is -5.34. The van der Waals surface area contributed by atoms with Crippen molar-refractivity contribution in [2.45, 2.75) is 26.7 Å². The molecule has 0 fully saturated rings. The Kier molecular flexibility index (Phi) is 10.1. The van der Waals surface area contributed by atoms with E-state index in [4.69, 9.17) is 0 Å². The van der Waals surface area contributed by atoms with Gasteiger partial charge in [0, 0.05) is 34.1 Å². The lowest BCUT2D eigenvalue weighted by molar-refractivity contribution is 1.21. The molecule has 5 aromatic rings. The van der Waals surface area contributed by atoms with Gasteiger partial charge in [0.15, 0.2) is 0 Å². The summed E-state index contributed by atoms with van der Waals surface area (Å²) < 4.78 is 0. The zero-order chi connectivity index (χ0) is 30.7. The summed E-state index contributed by atoms with van der Waals surface area (Å²) in [6, 6.07) is 43.9. The van der Waals surface area contributed by atoms with Crippen molar-refractivity contribution in [2.24, 2.45) is 0 Å². The SMILES string of the molecule is C=CC=CCc1cccc(N(c2ccc(C)cc2)c2ccc(N(c3ccc(C)cc3)c3cccc(CC=CC=C)c3)cc2)c1. The maximum absolute atomic E-state index is 3.80. The van der Waals surface area contributed by atoms with Crippen LogP contribution in [0.2, 0.25) is 0 Å². The molecule has 2 heteroatoms. The van der Waals surface area contributed by atoms with Gasteiger partial charge in [-0.25, -0.2) is 0 Å². The quantitative estimate of drug-likeness (QED) is 0.137. The van der Waals surface area contributed by atoms with Gasteiger partial charge < -0.3 is 9.80 Å². The highest BCUT2D eigenvalue weighted by Crippen LogP contribution is 2.39. The van der Waals surface area contributed by atoms with Gasteiger partial charge in [0.2, 0.25) is 0 Å². The minimum absolute atomic E-state index is 0.856. The highest BCUT2D eigenvalue weighted by molar-refractivity contribution is 5.81. The van der Waals surface area contributed by atoms with Crippen molar-refractivity contribution < 1.29 is 0 Å². The van der Waals surface area contributed by atoms with Crippen molar-refractivity contribution in [3.05, 3.63) is 193 Å². The fourth-order valence-corrected chi connectivity index (χ4v) is 5.28. The summed E-state index contributed by atoms with van der Waals surface area (Å²) >= 11 is 0. The van der Waals surface area contributed by atoms with E-state index >= 15 is 0 Å². The third-order valence-corrected chi connectivity index (χ3v) is 7.54. The largest absolute Gasteiger partial charge is 0.310 e. The number of allylic oxidation sites excluding steroid dienone is 6. The molecule has 0 aromatic heterocycles. The molecule has 0 heterocycles. The molecule has 5 aromatic carbocycles. The van der Waals surface area contributed by atoms with Crippen LogP contribution < -0.4 is 9.80 Å². The smallest absolute Gasteiger partial charge is 0.0464 e. The van der Waals surface area contributed by atoms with Gasteiger partial charge in [0.25, 0.3) is 0 Å². The van der Waals surface area contributed by atoms with Gasteiger partial charge in [-0.05, 0) is 111 Å². The highest BCUT2D eigenvalue weighted by Gasteiger charge is 2.16. The predicted octanol–water partition coefficient (Wildman–Crippen LogP) is 11.8. The van der Waals surface area contributed by atoms with Crippen molar-refractivity contribution in [1.82, 2.24) is 0 Å². The number of hydrogen-bond donors (Lipinski definition) is 0. The number of aryl methyl sites for hydroxylation is 2. The molecule has 0 unspecified atom stereocenters. The van der Waals surface area contributed by atoms with Crippen LogP contribution in [0.1, 0.15) is 22.3 Å². The van der Waals surface area contributed by atoms with E-state index in [2.05, 4.69) is 170 Å².